The summed E-state index contributed by atoms with van der Waals surface area (Å²) in [4.78, 5) is 0. The van der Waals surface area contributed by atoms with E-state index in [0.717, 1.165) is 12.5 Å². The van der Waals surface area contributed by atoms with Crippen LogP contribution in [0.2, 0.25) is 11.6 Å². The lowest BCUT2D eigenvalue weighted by Crippen LogP contribution is -2.24. The average molecular weight is 140 g/mol. The highest BCUT2D eigenvalue weighted by Crippen LogP contribution is 2.35. The minimum absolute atomic E-state index is 0.338. The van der Waals surface area contributed by atoms with Gasteiger partial charge in [-0.15, -0.1) is 0 Å². The molecule has 0 amide bonds. The van der Waals surface area contributed by atoms with E-state index in [1.54, 1.807) is 0 Å². The fraction of sp³-hybridized carbons (Fsp3) is 1.00. The maximum atomic E-state index is 5.63. The van der Waals surface area contributed by atoms with Crippen molar-refractivity contribution in [2.45, 2.75) is 39.3 Å². The molecule has 0 aliphatic carbocycles. The Kier molecular flexibility index (Phi) is 2.09. The molecule has 1 nitrogen and oxygen atoms in total. The van der Waals surface area contributed by atoms with Gasteiger partial charge in [-0.2, -0.15) is 0 Å². The van der Waals surface area contributed by atoms with Crippen molar-refractivity contribution in [3.63, 3.8) is 0 Å². The number of hydrogen-bond acceptors (Lipinski definition) is 1. The fourth-order valence-corrected chi connectivity index (χ4v) is 1.39. The molecule has 1 atom stereocenters. The van der Waals surface area contributed by atoms with Crippen LogP contribution in [-0.4, -0.2) is 13.5 Å². The normalized spacial score (nSPS) is 27.6. The summed E-state index contributed by atoms with van der Waals surface area (Å²) in [5.74, 6) is 0.768. The minimum Gasteiger partial charge on any atom is -0.435 e. The van der Waals surface area contributed by atoms with Gasteiger partial charge in [0.25, 0.3) is 6.92 Å². The van der Waals surface area contributed by atoms with Crippen LogP contribution in [0, 0.1) is 5.92 Å². The quantitative estimate of drug-likeness (QED) is 0.469. The molecule has 0 N–H and O–H groups in total. The highest BCUT2D eigenvalue weighted by Gasteiger charge is 2.36. The van der Waals surface area contributed by atoms with Gasteiger partial charge in [-0.05, 0) is 17.6 Å². The largest absolute Gasteiger partial charge is 0.435 e. The molecule has 0 saturated carbocycles. The summed E-state index contributed by atoms with van der Waals surface area (Å²) in [5.41, 5.74) is 0. The molecule has 0 aromatic carbocycles. The SMILES string of the molecule is CC1COB(C(C)(C)C)C1. The lowest BCUT2D eigenvalue weighted by Gasteiger charge is -2.21. The molecule has 0 bridgehead atoms. The van der Waals surface area contributed by atoms with E-state index in [1.165, 1.54) is 6.32 Å². The summed E-state index contributed by atoms with van der Waals surface area (Å²) in [6.07, 6.45) is 1.24. The summed E-state index contributed by atoms with van der Waals surface area (Å²) in [5, 5.41) is 0.338. The van der Waals surface area contributed by atoms with Gasteiger partial charge >= 0.3 is 0 Å². The number of hydrogen-bond donors (Lipinski definition) is 0. The average Bonchev–Trinajstić information content (AvgIpc) is 2.11. The second-order valence-electron chi connectivity index (χ2n) is 4.53. The first-order valence-electron chi connectivity index (χ1n) is 4.12. The zero-order valence-electron chi connectivity index (χ0n) is 7.48. The second-order valence-corrected chi connectivity index (χ2v) is 4.53. The van der Waals surface area contributed by atoms with Crippen LogP contribution in [0.4, 0.5) is 0 Å². The molecule has 1 rings (SSSR count). The molecule has 10 heavy (non-hydrogen) atoms. The van der Waals surface area contributed by atoms with Crippen LogP contribution in [0.1, 0.15) is 27.7 Å². The van der Waals surface area contributed by atoms with E-state index in [1.807, 2.05) is 0 Å². The van der Waals surface area contributed by atoms with Crippen LogP contribution in [0.5, 0.6) is 0 Å². The van der Waals surface area contributed by atoms with Crippen LogP contribution < -0.4 is 0 Å². The van der Waals surface area contributed by atoms with Crippen LogP contribution >= 0.6 is 0 Å². The van der Waals surface area contributed by atoms with Gasteiger partial charge in [0.05, 0.1) is 0 Å². The molecule has 1 fully saturated rings. The Morgan fingerprint density at radius 3 is 2.20 bits per heavy atom. The maximum absolute atomic E-state index is 5.63. The molecule has 1 aliphatic heterocycles. The first-order valence-corrected chi connectivity index (χ1v) is 4.12. The van der Waals surface area contributed by atoms with E-state index in [-0.39, 0.29) is 0 Å². The topological polar surface area (TPSA) is 9.23 Å². The van der Waals surface area contributed by atoms with E-state index < -0.39 is 0 Å². The first kappa shape index (κ1) is 8.12. The predicted octanol–water partition coefficient (Wildman–Crippen LogP) is 2.44. The Morgan fingerprint density at radius 2 is 2.00 bits per heavy atom. The van der Waals surface area contributed by atoms with Gasteiger partial charge in [-0.3, -0.25) is 0 Å². The lowest BCUT2D eigenvalue weighted by atomic mass is 9.46. The molecule has 1 saturated heterocycles. The van der Waals surface area contributed by atoms with E-state index >= 15 is 0 Å². The van der Waals surface area contributed by atoms with E-state index in [9.17, 15) is 0 Å². The van der Waals surface area contributed by atoms with Crippen LogP contribution in [0.25, 0.3) is 0 Å². The Balaban J connectivity index is 2.45. The fourth-order valence-electron chi connectivity index (χ4n) is 1.39. The highest BCUT2D eigenvalue weighted by molar-refractivity contribution is 6.56. The van der Waals surface area contributed by atoms with Gasteiger partial charge in [-0.25, -0.2) is 0 Å². The van der Waals surface area contributed by atoms with Crippen LogP contribution in [-0.2, 0) is 4.65 Å². The van der Waals surface area contributed by atoms with Crippen molar-refractivity contribution in [2.75, 3.05) is 6.61 Å². The Bertz CT molecular complexity index is 117. The third-order valence-electron chi connectivity index (χ3n) is 2.16. The number of rotatable bonds is 0. The maximum Gasteiger partial charge on any atom is 0.298 e. The third kappa shape index (κ3) is 1.75. The molecule has 0 radical (unpaired) electrons. The van der Waals surface area contributed by atoms with Crippen molar-refractivity contribution in [1.82, 2.24) is 0 Å². The second kappa shape index (κ2) is 2.57. The summed E-state index contributed by atoms with van der Waals surface area (Å²) < 4.78 is 5.63. The van der Waals surface area contributed by atoms with Crippen molar-refractivity contribution >= 4 is 6.92 Å². The van der Waals surface area contributed by atoms with Crippen LogP contribution in [0.3, 0.4) is 0 Å². The monoisotopic (exact) mass is 140 g/mol. The van der Waals surface area contributed by atoms with Crippen molar-refractivity contribution in [3.05, 3.63) is 0 Å². The molecule has 1 aliphatic rings. The van der Waals surface area contributed by atoms with Gasteiger partial charge in [0.15, 0.2) is 0 Å². The first-order chi connectivity index (χ1) is 4.50. The summed E-state index contributed by atoms with van der Waals surface area (Å²) in [6.45, 7) is 10.4. The molecule has 1 unspecified atom stereocenters. The molecule has 58 valence electrons. The summed E-state index contributed by atoms with van der Waals surface area (Å²) in [6, 6.07) is 0. The molecular formula is C8H17BO. The minimum atomic E-state index is 0.338. The van der Waals surface area contributed by atoms with Crippen molar-refractivity contribution < 1.29 is 4.65 Å². The zero-order chi connectivity index (χ0) is 7.78. The Hall–Kier alpha value is 0.0249. The zero-order valence-corrected chi connectivity index (χ0v) is 7.48. The Morgan fingerprint density at radius 1 is 1.40 bits per heavy atom. The Labute approximate surface area is 64.3 Å². The van der Waals surface area contributed by atoms with Gasteiger partial charge in [-0.1, -0.05) is 27.7 Å². The lowest BCUT2D eigenvalue weighted by molar-refractivity contribution is 0.311. The molecule has 0 aromatic heterocycles. The highest BCUT2D eigenvalue weighted by atomic mass is 16.4. The molecular weight excluding hydrogens is 123 g/mol. The van der Waals surface area contributed by atoms with E-state index in [0.29, 0.717) is 12.2 Å². The van der Waals surface area contributed by atoms with E-state index in [2.05, 4.69) is 27.7 Å². The van der Waals surface area contributed by atoms with Crippen molar-refractivity contribution in [3.8, 4) is 0 Å². The predicted molar refractivity (Wildman–Crippen MR) is 45.4 cm³/mol. The van der Waals surface area contributed by atoms with Gasteiger partial charge in [0.2, 0.25) is 0 Å². The smallest absolute Gasteiger partial charge is 0.298 e. The van der Waals surface area contributed by atoms with Crippen molar-refractivity contribution in [1.29, 1.82) is 0 Å². The molecule has 0 spiro atoms. The molecule has 2 heteroatoms. The summed E-state index contributed by atoms with van der Waals surface area (Å²) >= 11 is 0. The van der Waals surface area contributed by atoms with Gasteiger partial charge < -0.3 is 4.65 Å². The molecule has 1 heterocycles. The van der Waals surface area contributed by atoms with Crippen LogP contribution in [0.15, 0.2) is 0 Å². The molecule has 0 aromatic rings. The standard InChI is InChI=1S/C8H17BO/c1-7-5-9(10-6-7)8(2,3)4/h7H,5-6H2,1-4H3. The van der Waals surface area contributed by atoms with Gasteiger partial charge in [0, 0.05) is 6.61 Å². The summed E-state index contributed by atoms with van der Waals surface area (Å²) in [7, 11) is 0. The van der Waals surface area contributed by atoms with Gasteiger partial charge in [0.1, 0.15) is 0 Å². The third-order valence-corrected chi connectivity index (χ3v) is 2.16. The van der Waals surface area contributed by atoms with E-state index in [4.69, 9.17) is 4.65 Å². The van der Waals surface area contributed by atoms with Crippen molar-refractivity contribution in [2.24, 2.45) is 5.92 Å².